The van der Waals surface area contributed by atoms with Gasteiger partial charge in [0, 0.05) is 6.04 Å². The molecule has 4 N–H and O–H groups in total. The molecule has 0 aliphatic carbocycles. The summed E-state index contributed by atoms with van der Waals surface area (Å²) in [6.07, 6.45) is 0.312. The molecule has 3 atom stereocenters. The van der Waals surface area contributed by atoms with E-state index in [1.54, 1.807) is 0 Å². The van der Waals surface area contributed by atoms with Crippen LogP contribution >= 0.6 is 0 Å². The summed E-state index contributed by atoms with van der Waals surface area (Å²) >= 11 is 0. The van der Waals surface area contributed by atoms with Gasteiger partial charge in [-0.15, -0.1) is 0 Å². The van der Waals surface area contributed by atoms with Crippen molar-refractivity contribution in [1.82, 2.24) is 5.32 Å². The second-order valence-corrected chi connectivity index (χ2v) is 2.85. The van der Waals surface area contributed by atoms with E-state index in [0.29, 0.717) is 5.92 Å². The summed E-state index contributed by atoms with van der Waals surface area (Å²) in [5.41, 5.74) is 5.25. The zero-order chi connectivity index (χ0) is 6.85. The van der Waals surface area contributed by atoms with Crippen molar-refractivity contribution < 1.29 is 5.11 Å². The van der Waals surface area contributed by atoms with Gasteiger partial charge in [-0.05, 0) is 18.9 Å². The first-order chi connectivity index (χ1) is 4.20. The van der Waals surface area contributed by atoms with Crippen LogP contribution in [0, 0.1) is 5.92 Å². The van der Waals surface area contributed by atoms with E-state index >= 15 is 0 Å². The Labute approximate surface area is 55.2 Å². The molecule has 0 aromatic rings. The van der Waals surface area contributed by atoms with Crippen LogP contribution in [0.5, 0.6) is 0 Å². The Bertz CT molecular complexity index is 95.1. The molecule has 3 heteroatoms. The van der Waals surface area contributed by atoms with E-state index in [2.05, 4.69) is 12.2 Å². The topological polar surface area (TPSA) is 58.3 Å². The highest BCUT2D eigenvalue weighted by Crippen LogP contribution is 2.13. The van der Waals surface area contributed by atoms with Gasteiger partial charge in [0.15, 0.2) is 0 Å². The Kier molecular flexibility index (Phi) is 2.05. The summed E-state index contributed by atoms with van der Waals surface area (Å²) in [6.45, 7) is 3.13. The Hall–Kier alpha value is -0.120. The van der Waals surface area contributed by atoms with Gasteiger partial charge >= 0.3 is 0 Å². The van der Waals surface area contributed by atoms with Crippen LogP contribution in [-0.4, -0.2) is 23.9 Å². The van der Waals surface area contributed by atoms with Crippen LogP contribution in [0.1, 0.15) is 13.3 Å². The summed E-state index contributed by atoms with van der Waals surface area (Å²) in [4.78, 5) is 0. The van der Waals surface area contributed by atoms with E-state index in [1.165, 1.54) is 0 Å². The molecule has 3 nitrogen and oxygen atoms in total. The van der Waals surface area contributed by atoms with Gasteiger partial charge in [-0.3, -0.25) is 0 Å². The zero-order valence-corrected chi connectivity index (χ0v) is 5.67. The molecular formula is C6H14N2O. The number of aliphatic hydroxyl groups excluding tert-OH is 1. The lowest BCUT2D eigenvalue weighted by atomic mass is 10.1. The SMILES string of the molecule is CC1CNC(C(N)O)C1. The molecule has 1 saturated heterocycles. The quantitative estimate of drug-likeness (QED) is 0.410. The number of rotatable bonds is 1. The molecule has 1 rings (SSSR count). The largest absolute Gasteiger partial charge is 0.377 e. The molecule has 1 aliphatic heterocycles. The molecule has 1 fully saturated rings. The van der Waals surface area contributed by atoms with Gasteiger partial charge in [-0.25, -0.2) is 0 Å². The van der Waals surface area contributed by atoms with Gasteiger partial charge in [0.05, 0.1) is 0 Å². The number of nitrogens with one attached hydrogen (secondary N) is 1. The number of hydrogen-bond acceptors (Lipinski definition) is 3. The average molecular weight is 130 g/mol. The van der Waals surface area contributed by atoms with Crippen LogP contribution in [0.25, 0.3) is 0 Å². The number of nitrogens with two attached hydrogens (primary N) is 1. The molecule has 3 unspecified atom stereocenters. The van der Waals surface area contributed by atoms with E-state index in [9.17, 15) is 0 Å². The van der Waals surface area contributed by atoms with Gasteiger partial charge in [0.2, 0.25) is 0 Å². The Morgan fingerprint density at radius 1 is 1.78 bits per heavy atom. The molecule has 54 valence electrons. The minimum Gasteiger partial charge on any atom is -0.377 e. The third-order valence-electron chi connectivity index (χ3n) is 1.80. The van der Waals surface area contributed by atoms with Crippen molar-refractivity contribution in [3.63, 3.8) is 0 Å². The maximum Gasteiger partial charge on any atom is 0.117 e. The first-order valence-corrected chi connectivity index (χ1v) is 3.37. The minimum absolute atomic E-state index is 0.125. The summed E-state index contributed by atoms with van der Waals surface area (Å²) in [6, 6.07) is 0.125. The van der Waals surface area contributed by atoms with Gasteiger partial charge < -0.3 is 16.2 Å². The van der Waals surface area contributed by atoms with E-state index in [1.807, 2.05) is 0 Å². The molecule has 0 bridgehead atoms. The van der Waals surface area contributed by atoms with Crippen molar-refractivity contribution in [3.05, 3.63) is 0 Å². The van der Waals surface area contributed by atoms with E-state index in [0.717, 1.165) is 13.0 Å². The van der Waals surface area contributed by atoms with Crippen LogP contribution in [-0.2, 0) is 0 Å². The predicted octanol–water partition coefficient (Wildman–Crippen LogP) is -0.738. The molecule has 0 amide bonds. The van der Waals surface area contributed by atoms with Crippen molar-refractivity contribution >= 4 is 0 Å². The number of hydrogen-bond donors (Lipinski definition) is 3. The van der Waals surface area contributed by atoms with Crippen molar-refractivity contribution in [2.45, 2.75) is 25.6 Å². The highest BCUT2D eigenvalue weighted by Gasteiger charge is 2.23. The second kappa shape index (κ2) is 2.64. The highest BCUT2D eigenvalue weighted by molar-refractivity contribution is 4.81. The van der Waals surface area contributed by atoms with Crippen LogP contribution in [0.2, 0.25) is 0 Å². The molecule has 1 aliphatic rings. The van der Waals surface area contributed by atoms with Gasteiger partial charge in [0.25, 0.3) is 0 Å². The van der Waals surface area contributed by atoms with Crippen LogP contribution in [0.15, 0.2) is 0 Å². The molecular weight excluding hydrogens is 116 g/mol. The third kappa shape index (κ3) is 1.64. The summed E-state index contributed by atoms with van der Waals surface area (Å²) in [5, 5.41) is 12.0. The zero-order valence-electron chi connectivity index (χ0n) is 5.67. The fourth-order valence-electron chi connectivity index (χ4n) is 1.21. The van der Waals surface area contributed by atoms with Crippen LogP contribution < -0.4 is 11.1 Å². The Morgan fingerprint density at radius 2 is 2.44 bits per heavy atom. The first kappa shape index (κ1) is 6.99. The lowest BCUT2D eigenvalue weighted by Crippen LogP contribution is -2.40. The van der Waals surface area contributed by atoms with Crippen molar-refractivity contribution in [2.24, 2.45) is 11.7 Å². The Balaban J connectivity index is 2.30. The highest BCUT2D eigenvalue weighted by atomic mass is 16.3. The summed E-state index contributed by atoms with van der Waals surface area (Å²) < 4.78 is 0. The van der Waals surface area contributed by atoms with Crippen LogP contribution in [0.3, 0.4) is 0 Å². The van der Waals surface area contributed by atoms with Gasteiger partial charge in [-0.1, -0.05) is 6.92 Å². The van der Waals surface area contributed by atoms with Crippen molar-refractivity contribution in [1.29, 1.82) is 0 Å². The summed E-state index contributed by atoms with van der Waals surface area (Å²) in [7, 11) is 0. The molecule has 0 aromatic carbocycles. The predicted molar refractivity (Wildman–Crippen MR) is 35.8 cm³/mol. The lowest BCUT2D eigenvalue weighted by Gasteiger charge is -2.12. The summed E-state index contributed by atoms with van der Waals surface area (Å²) in [5.74, 6) is 0.660. The van der Waals surface area contributed by atoms with E-state index in [4.69, 9.17) is 10.8 Å². The van der Waals surface area contributed by atoms with E-state index in [-0.39, 0.29) is 6.04 Å². The number of aliphatic hydroxyl groups is 1. The standard InChI is InChI=1S/C6H14N2O/c1-4-2-5(6(7)9)8-3-4/h4-6,8-9H,2-3,7H2,1H3. The third-order valence-corrected chi connectivity index (χ3v) is 1.80. The van der Waals surface area contributed by atoms with E-state index < -0.39 is 6.23 Å². The molecule has 9 heavy (non-hydrogen) atoms. The fourth-order valence-corrected chi connectivity index (χ4v) is 1.21. The average Bonchev–Trinajstić information content (AvgIpc) is 2.14. The lowest BCUT2D eigenvalue weighted by molar-refractivity contribution is 0.141. The van der Waals surface area contributed by atoms with Crippen molar-refractivity contribution in [3.8, 4) is 0 Å². The molecule has 1 heterocycles. The normalized spacial score (nSPS) is 39.0. The monoisotopic (exact) mass is 130 g/mol. The maximum atomic E-state index is 8.89. The maximum absolute atomic E-state index is 8.89. The second-order valence-electron chi connectivity index (χ2n) is 2.85. The molecule has 0 aromatic heterocycles. The van der Waals surface area contributed by atoms with Gasteiger partial charge in [-0.2, -0.15) is 0 Å². The molecule has 0 radical (unpaired) electrons. The van der Waals surface area contributed by atoms with Crippen LogP contribution in [0.4, 0.5) is 0 Å². The molecule has 0 spiro atoms. The fraction of sp³-hybridized carbons (Fsp3) is 1.00. The first-order valence-electron chi connectivity index (χ1n) is 3.37. The molecule has 0 saturated carbocycles. The minimum atomic E-state index is -0.685. The smallest absolute Gasteiger partial charge is 0.117 e. The van der Waals surface area contributed by atoms with Crippen molar-refractivity contribution in [2.75, 3.05) is 6.54 Å². The van der Waals surface area contributed by atoms with Gasteiger partial charge in [0.1, 0.15) is 6.23 Å². The Morgan fingerprint density at radius 3 is 2.67 bits per heavy atom.